The predicted molar refractivity (Wildman–Crippen MR) is 215 cm³/mol. The van der Waals surface area contributed by atoms with Crippen LogP contribution in [0.1, 0.15) is 199 Å². The summed E-state index contributed by atoms with van der Waals surface area (Å²) in [4.78, 5) is 17.7. The Bertz CT molecular complexity index is 1000. The lowest BCUT2D eigenvalue weighted by atomic mass is 9.79. The average Bonchev–Trinajstić information content (AvgIpc) is 2.97. The van der Waals surface area contributed by atoms with Crippen LogP contribution < -0.4 is 26.2 Å². The van der Waals surface area contributed by atoms with Gasteiger partial charge >= 0.3 is 0 Å². The minimum atomic E-state index is 0.0469. The van der Waals surface area contributed by atoms with Gasteiger partial charge in [-0.2, -0.15) is 15.0 Å². The van der Waals surface area contributed by atoms with Crippen molar-refractivity contribution in [2.45, 2.75) is 233 Å². The third-order valence-electron chi connectivity index (χ3n) is 10.1. The highest BCUT2D eigenvalue weighted by atomic mass is 15.3. The van der Waals surface area contributed by atoms with Gasteiger partial charge in [0.1, 0.15) is 0 Å². The van der Waals surface area contributed by atoms with Crippen LogP contribution in [-0.4, -0.2) is 62.3 Å². The third-order valence-corrected chi connectivity index (χ3v) is 10.1. The zero-order chi connectivity index (χ0) is 36.6. The molecular formula is C41H82N8. The summed E-state index contributed by atoms with van der Waals surface area (Å²) in [5.41, 5.74) is 0.193. The number of hydrogen-bond acceptors (Lipinski definition) is 8. The van der Waals surface area contributed by atoms with Crippen LogP contribution in [0.4, 0.5) is 17.8 Å². The molecular weight excluding hydrogens is 605 g/mol. The molecule has 2 saturated heterocycles. The Morgan fingerprint density at radius 1 is 0.551 bits per heavy atom. The summed E-state index contributed by atoms with van der Waals surface area (Å²) >= 11 is 0. The van der Waals surface area contributed by atoms with Gasteiger partial charge in [0.05, 0.1) is 0 Å². The van der Waals surface area contributed by atoms with Crippen LogP contribution in [0.5, 0.6) is 0 Å². The number of rotatable bonds is 20. The van der Waals surface area contributed by atoms with Crippen LogP contribution in [0.25, 0.3) is 0 Å². The summed E-state index contributed by atoms with van der Waals surface area (Å²) < 4.78 is 0. The molecule has 8 heteroatoms. The van der Waals surface area contributed by atoms with Crippen LogP contribution in [0.2, 0.25) is 0 Å². The fourth-order valence-electron chi connectivity index (χ4n) is 8.32. The first-order valence-electron chi connectivity index (χ1n) is 20.7. The van der Waals surface area contributed by atoms with E-state index in [4.69, 9.17) is 15.0 Å². The third kappa shape index (κ3) is 17.4. The molecule has 0 spiro atoms. The van der Waals surface area contributed by atoms with Gasteiger partial charge in [-0.15, -0.1) is 0 Å². The molecule has 49 heavy (non-hydrogen) atoms. The number of unbranched alkanes of at least 4 members (excludes halogenated alkanes) is 11. The molecule has 0 aliphatic carbocycles. The van der Waals surface area contributed by atoms with E-state index in [1.54, 1.807) is 0 Å². The zero-order valence-electron chi connectivity index (χ0n) is 34.6. The van der Waals surface area contributed by atoms with E-state index in [9.17, 15) is 0 Å². The van der Waals surface area contributed by atoms with Crippen LogP contribution >= 0.6 is 0 Å². The van der Waals surface area contributed by atoms with Gasteiger partial charge in [0, 0.05) is 47.3 Å². The van der Waals surface area contributed by atoms with E-state index in [2.05, 4.69) is 109 Å². The topological polar surface area (TPSA) is 90.0 Å². The number of piperidine rings is 2. The lowest BCUT2D eigenvalue weighted by molar-refractivity contribution is 0.158. The van der Waals surface area contributed by atoms with E-state index >= 15 is 0 Å². The highest BCUT2D eigenvalue weighted by molar-refractivity contribution is 5.45. The minimum absolute atomic E-state index is 0.0469. The van der Waals surface area contributed by atoms with Crippen molar-refractivity contribution in [1.82, 2.24) is 25.6 Å². The fourth-order valence-corrected chi connectivity index (χ4v) is 8.32. The van der Waals surface area contributed by atoms with Crippen molar-refractivity contribution < 1.29 is 0 Å². The van der Waals surface area contributed by atoms with E-state index in [0.717, 1.165) is 64.0 Å². The lowest BCUT2D eigenvalue weighted by Crippen LogP contribution is -2.62. The number of nitrogens with zero attached hydrogens (tertiary/aromatic N) is 4. The molecule has 0 saturated carbocycles. The molecule has 0 atom stereocenters. The Labute approximate surface area is 304 Å². The molecule has 2 fully saturated rings. The lowest BCUT2D eigenvalue weighted by Gasteiger charge is -2.49. The maximum atomic E-state index is 5.16. The summed E-state index contributed by atoms with van der Waals surface area (Å²) in [7, 11) is 0. The number of aromatic nitrogens is 3. The SMILES string of the molecule is CCCC.CCCCCCCCCCCCNc1nc(NC2CC(C)(C)NC(C)(C)C2)nc(N(CCCC)C2CC(C)(C)NC(C)(C)C2)n1. The van der Waals surface area contributed by atoms with Crippen molar-refractivity contribution in [3.63, 3.8) is 0 Å². The quantitative estimate of drug-likeness (QED) is 0.101. The summed E-state index contributed by atoms with van der Waals surface area (Å²) in [6.45, 7) is 29.3. The van der Waals surface area contributed by atoms with E-state index in [1.807, 2.05) is 0 Å². The standard InChI is InChI=1S/C37H72N8.C4H10/c1-11-13-15-16-17-18-19-20-21-22-23-38-31-40-32(39-29-25-34(3,4)43-35(5,6)26-29)42-33(41-31)45(24-14-12-2)30-27-36(7,8)44-37(9,10)28-30;1-3-4-2/h29-30,43-44H,11-28H2,1-10H3,(H2,38,39,40,41,42);3-4H2,1-2H3. The Morgan fingerprint density at radius 3 is 1.49 bits per heavy atom. The molecule has 2 aliphatic rings. The van der Waals surface area contributed by atoms with E-state index < -0.39 is 0 Å². The molecule has 2 aliphatic heterocycles. The summed E-state index contributed by atoms with van der Waals surface area (Å²) in [6, 6.07) is 0.659. The Balaban J connectivity index is 0.00000197. The highest BCUT2D eigenvalue weighted by Crippen LogP contribution is 2.34. The van der Waals surface area contributed by atoms with Gasteiger partial charge in [0.2, 0.25) is 17.8 Å². The van der Waals surface area contributed by atoms with Crippen LogP contribution in [0.15, 0.2) is 0 Å². The Kier molecular flexibility index (Phi) is 18.6. The Morgan fingerprint density at radius 2 is 1.00 bits per heavy atom. The van der Waals surface area contributed by atoms with Gasteiger partial charge < -0.3 is 26.2 Å². The second kappa shape index (κ2) is 21.0. The normalized spacial score (nSPS) is 19.9. The minimum Gasteiger partial charge on any atom is -0.354 e. The first-order chi connectivity index (χ1) is 23.0. The van der Waals surface area contributed by atoms with Gasteiger partial charge in [0.15, 0.2) is 0 Å². The van der Waals surface area contributed by atoms with E-state index in [1.165, 1.54) is 70.6 Å². The summed E-state index contributed by atoms with van der Waals surface area (Å²) in [5.74, 6) is 2.23. The molecule has 3 rings (SSSR count). The number of nitrogens with one attached hydrogen (secondary N) is 4. The van der Waals surface area contributed by atoms with Crippen LogP contribution in [0.3, 0.4) is 0 Å². The molecule has 286 valence electrons. The Hall–Kier alpha value is -1.67. The smallest absolute Gasteiger partial charge is 0.232 e. The summed E-state index contributed by atoms with van der Waals surface area (Å²) in [5, 5.41) is 15.1. The molecule has 3 heterocycles. The maximum Gasteiger partial charge on any atom is 0.232 e. The van der Waals surface area contributed by atoms with Crippen molar-refractivity contribution in [1.29, 1.82) is 0 Å². The second-order valence-corrected chi connectivity index (χ2v) is 18.0. The average molecular weight is 687 g/mol. The second-order valence-electron chi connectivity index (χ2n) is 18.0. The molecule has 8 nitrogen and oxygen atoms in total. The fraction of sp³-hybridized carbons (Fsp3) is 0.927. The highest BCUT2D eigenvalue weighted by Gasteiger charge is 2.41. The van der Waals surface area contributed by atoms with Gasteiger partial charge in [0.25, 0.3) is 0 Å². The molecule has 0 amide bonds. The summed E-state index contributed by atoms with van der Waals surface area (Å²) in [6.07, 6.45) is 22.5. The van der Waals surface area contributed by atoms with Crippen molar-refractivity contribution in [2.75, 3.05) is 28.6 Å². The first-order valence-corrected chi connectivity index (χ1v) is 20.7. The molecule has 1 aromatic rings. The molecule has 0 bridgehead atoms. The monoisotopic (exact) mass is 687 g/mol. The molecule has 4 N–H and O–H groups in total. The van der Waals surface area contributed by atoms with Gasteiger partial charge in [-0.1, -0.05) is 105 Å². The first kappa shape index (κ1) is 43.5. The molecule has 0 unspecified atom stereocenters. The van der Waals surface area contributed by atoms with Crippen molar-refractivity contribution >= 4 is 17.8 Å². The van der Waals surface area contributed by atoms with Crippen molar-refractivity contribution in [2.24, 2.45) is 0 Å². The number of hydrogen-bond donors (Lipinski definition) is 4. The van der Waals surface area contributed by atoms with Gasteiger partial charge in [-0.3, -0.25) is 0 Å². The van der Waals surface area contributed by atoms with Gasteiger partial charge in [-0.05, 0) is 93.9 Å². The zero-order valence-corrected chi connectivity index (χ0v) is 34.6. The molecule has 1 aromatic heterocycles. The van der Waals surface area contributed by atoms with Crippen molar-refractivity contribution in [3.05, 3.63) is 0 Å². The largest absolute Gasteiger partial charge is 0.354 e. The van der Waals surface area contributed by atoms with E-state index in [0.29, 0.717) is 24.0 Å². The molecule has 0 aromatic carbocycles. The number of anilines is 3. The van der Waals surface area contributed by atoms with Crippen LogP contribution in [-0.2, 0) is 0 Å². The molecule has 0 radical (unpaired) electrons. The predicted octanol–water partition coefficient (Wildman–Crippen LogP) is 10.6. The maximum absolute atomic E-state index is 5.16. The van der Waals surface area contributed by atoms with E-state index in [-0.39, 0.29) is 22.2 Å². The van der Waals surface area contributed by atoms with Gasteiger partial charge in [-0.25, -0.2) is 0 Å². The van der Waals surface area contributed by atoms with Crippen LogP contribution in [0, 0.1) is 0 Å². The van der Waals surface area contributed by atoms with Crippen molar-refractivity contribution in [3.8, 4) is 0 Å².